The molecule has 0 saturated carbocycles. The zero-order chi connectivity index (χ0) is 13.7. The normalized spacial score (nSPS) is 11.8. The smallest absolute Gasteiger partial charge is 0.123 e. The minimum atomic E-state index is -0.430. The number of rotatable bonds is 4. The summed E-state index contributed by atoms with van der Waals surface area (Å²) in [4.78, 5) is 0. The fraction of sp³-hybridized carbons (Fsp3) is 0.188. The Morgan fingerprint density at radius 1 is 1.21 bits per heavy atom. The fourth-order valence-corrected chi connectivity index (χ4v) is 1.94. The summed E-state index contributed by atoms with van der Waals surface area (Å²) in [5.41, 5.74) is 3.09. The molecule has 2 aromatic rings. The van der Waals surface area contributed by atoms with Crippen LogP contribution < -0.4 is 5.32 Å². The molecule has 1 unspecified atom stereocenters. The molecule has 0 spiro atoms. The van der Waals surface area contributed by atoms with Crippen LogP contribution in [0.1, 0.15) is 22.7 Å². The Morgan fingerprint density at radius 2 is 1.95 bits per heavy atom. The van der Waals surface area contributed by atoms with Crippen LogP contribution in [0, 0.1) is 24.1 Å². The molecule has 0 amide bonds. The van der Waals surface area contributed by atoms with Crippen LogP contribution in [0.3, 0.4) is 0 Å². The van der Waals surface area contributed by atoms with Crippen molar-refractivity contribution in [2.45, 2.75) is 19.5 Å². The van der Waals surface area contributed by atoms with Gasteiger partial charge in [0, 0.05) is 6.54 Å². The Labute approximate surface area is 112 Å². The minimum absolute atomic E-state index is 0.292. The Balaban J connectivity index is 2.04. The van der Waals surface area contributed by atoms with E-state index in [0.29, 0.717) is 6.54 Å². The average Bonchev–Trinajstić information content (AvgIpc) is 2.41. The molecule has 0 fully saturated rings. The van der Waals surface area contributed by atoms with E-state index in [-0.39, 0.29) is 5.82 Å². The fourth-order valence-electron chi connectivity index (χ4n) is 1.94. The molecule has 96 valence electrons. The maximum Gasteiger partial charge on any atom is 0.123 e. The molecule has 0 bridgehead atoms. The molecule has 2 nitrogen and oxygen atoms in total. The van der Waals surface area contributed by atoms with E-state index in [0.717, 1.165) is 11.1 Å². The third kappa shape index (κ3) is 3.64. The molecule has 0 aliphatic rings. The second-order valence-corrected chi connectivity index (χ2v) is 4.48. The molecule has 0 aromatic heterocycles. The highest BCUT2D eigenvalue weighted by Gasteiger charge is 2.09. The van der Waals surface area contributed by atoms with Crippen molar-refractivity contribution in [3.05, 3.63) is 71.0 Å². The van der Waals surface area contributed by atoms with Gasteiger partial charge in [-0.2, -0.15) is 5.26 Å². The van der Waals surface area contributed by atoms with Crippen LogP contribution in [0.2, 0.25) is 0 Å². The first-order valence-corrected chi connectivity index (χ1v) is 6.13. The molecule has 1 atom stereocenters. The Morgan fingerprint density at radius 3 is 2.58 bits per heavy atom. The van der Waals surface area contributed by atoms with E-state index in [1.165, 1.54) is 17.7 Å². The summed E-state index contributed by atoms with van der Waals surface area (Å²) >= 11 is 0. The van der Waals surface area contributed by atoms with Crippen molar-refractivity contribution in [2.24, 2.45) is 0 Å². The van der Waals surface area contributed by atoms with Gasteiger partial charge in [-0.05, 0) is 30.2 Å². The van der Waals surface area contributed by atoms with Gasteiger partial charge >= 0.3 is 0 Å². The number of aryl methyl sites for hydroxylation is 1. The molecule has 19 heavy (non-hydrogen) atoms. The second-order valence-electron chi connectivity index (χ2n) is 4.48. The van der Waals surface area contributed by atoms with Crippen LogP contribution >= 0.6 is 0 Å². The molecule has 0 heterocycles. The lowest BCUT2D eigenvalue weighted by molar-refractivity contribution is 0.614. The molecular weight excluding hydrogens is 239 g/mol. The van der Waals surface area contributed by atoms with Crippen LogP contribution in [0.5, 0.6) is 0 Å². The first-order chi connectivity index (χ1) is 9.19. The summed E-state index contributed by atoms with van der Waals surface area (Å²) in [5, 5.41) is 12.3. The average molecular weight is 254 g/mol. The van der Waals surface area contributed by atoms with Gasteiger partial charge < -0.3 is 0 Å². The number of halogens is 1. The highest BCUT2D eigenvalue weighted by atomic mass is 19.1. The predicted molar refractivity (Wildman–Crippen MR) is 72.8 cm³/mol. The number of nitrogens with one attached hydrogen (secondary N) is 1. The highest BCUT2D eigenvalue weighted by molar-refractivity contribution is 5.26. The maximum atomic E-state index is 12.8. The quantitative estimate of drug-likeness (QED) is 0.906. The summed E-state index contributed by atoms with van der Waals surface area (Å²) < 4.78 is 12.8. The third-order valence-electron chi connectivity index (χ3n) is 2.93. The van der Waals surface area contributed by atoms with Crippen molar-refractivity contribution in [1.82, 2.24) is 5.32 Å². The zero-order valence-corrected chi connectivity index (χ0v) is 10.7. The maximum absolute atomic E-state index is 12.8. The first-order valence-electron chi connectivity index (χ1n) is 6.13. The van der Waals surface area contributed by atoms with E-state index in [2.05, 4.69) is 17.5 Å². The number of nitriles is 1. The molecule has 2 rings (SSSR count). The number of hydrogen-bond acceptors (Lipinski definition) is 2. The van der Waals surface area contributed by atoms with E-state index in [1.54, 1.807) is 12.1 Å². The van der Waals surface area contributed by atoms with Crippen LogP contribution in [0.25, 0.3) is 0 Å². The largest absolute Gasteiger partial charge is 0.294 e. The van der Waals surface area contributed by atoms with Crippen LogP contribution in [0.4, 0.5) is 4.39 Å². The van der Waals surface area contributed by atoms with E-state index < -0.39 is 6.04 Å². The van der Waals surface area contributed by atoms with Crippen molar-refractivity contribution in [3.63, 3.8) is 0 Å². The number of benzene rings is 2. The Kier molecular flexibility index (Phi) is 4.27. The topological polar surface area (TPSA) is 35.8 Å². The highest BCUT2D eigenvalue weighted by Crippen LogP contribution is 2.14. The van der Waals surface area contributed by atoms with Gasteiger partial charge in [0.1, 0.15) is 11.9 Å². The zero-order valence-electron chi connectivity index (χ0n) is 10.7. The molecule has 2 aromatic carbocycles. The summed E-state index contributed by atoms with van der Waals surface area (Å²) in [7, 11) is 0. The van der Waals surface area contributed by atoms with E-state index >= 15 is 0 Å². The third-order valence-corrected chi connectivity index (χ3v) is 2.93. The van der Waals surface area contributed by atoms with Gasteiger partial charge in [0.2, 0.25) is 0 Å². The van der Waals surface area contributed by atoms with E-state index in [4.69, 9.17) is 0 Å². The summed E-state index contributed by atoms with van der Waals surface area (Å²) in [6, 6.07) is 15.9. The SMILES string of the molecule is Cc1cccc(CNC(C#N)c2ccc(F)cc2)c1. The van der Waals surface area contributed by atoms with Crippen LogP contribution in [-0.4, -0.2) is 0 Å². The van der Waals surface area contributed by atoms with Crippen molar-refractivity contribution in [1.29, 1.82) is 5.26 Å². The first kappa shape index (κ1) is 13.3. The van der Waals surface area contributed by atoms with Gasteiger partial charge in [0.15, 0.2) is 0 Å². The van der Waals surface area contributed by atoms with Gasteiger partial charge in [0.05, 0.1) is 6.07 Å². The molecular formula is C16H15FN2. The summed E-state index contributed by atoms with van der Waals surface area (Å²) in [6.45, 7) is 2.64. The predicted octanol–water partition coefficient (Wildman–Crippen LogP) is 3.49. The van der Waals surface area contributed by atoms with Crippen molar-refractivity contribution >= 4 is 0 Å². The van der Waals surface area contributed by atoms with Crippen molar-refractivity contribution in [2.75, 3.05) is 0 Å². The lowest BCUT2D eigenvalue weighted by atomic mass is 10.1. The Hall–Kier alpha value is -2.18. The van der Waals surface area contributed by atoms with Gasteiger partial charge in [-0.25, -0.2) is 4.39 Å². The molecule has 0 aliphatic heterocycles. The second kappa shape index (κ2) is 6.12. The van der Waals surface area contributed by atoms with Gasteiger partial charge in [-0.15, -0.1) is 0 Å². The van der Waals surface area contributed by atoms with E-state index in [1.807, 2.05) is 25.1 Å². The monoisotopic (exact) mass is 254 g/mol. The Bertz CT molecular complexity index is 584. The van der Waals surface area contributed by atoms with Crippen molar-refractivity contribution in [3.8, 4) is 6.07 Å². The number of hydrogen-bond donors (Lipinski definition) is 1. The standard InChI is InChI=1S/C16H15FN2/c1-12-3-2-4-13(9-12)11-19-16(10-18)14-5-7-15(17)8-6-14/h2-9,16,19H,11H2,1H3. The summed E-state index contributed by atoms with van der Waals surface area (Å²) in [6.07, 6.45) is 0. The minimum Gasteiger partial charge on any atom is -0.294 e. The molecule has 0 saturated heterocycles. The lowest BCUT2D eigenvalue weighted by Crippen LogP contribution is -2.19. The molecule has 0 radical (unpaired) electrons. The van der Waals surface area contributed by atoms with Crippen LogP contribution in [0.15, 0.2) is 48.5 Å². The van der Waals surface area contributed by atoms with Crippen LogP contribution in [-0.2, 0) is 6.54 Å². The number of nitrogens with zero attached hydrogens (tertiary/aromatic N) is 1. The van der Waals surface area contributed by atoms with E-state index in [9.17, 15) is 9.65 Å². The van der Waals surface area contributed by atoms with Gasteiger partial charge in [-0.1, -0.05) is 42.0 Å². The molecule has 1 N–H and O–H groups in total. The molecule has 0 aliphatic carbocycles. The lowest BCUT2D eigenvalue weighted by Gasteiger charge is -2.12. The van der Waals surface area contributed by atoms with Crippen molar-refractivity contribution < 1.29 is 4.39 Å². The molecule has 3 heteroatoms. The van der Waals surface area contributed by atoms with Gasteiger partial charge in [0.25, 0.3) is 0 Å². The summed E-state index contributed by atoms with van der Waals surface area (Å²) in [5.74, 6) is -0.292. The van der Waals surface area contributed by atoms with Gasteiger partial charge in [-0.3, -0.25) is 5.32 Å².